The van der Waals surface area contributed by atoms with E-state index in [-0.39, 0.29) is 10.8 Å². The summed E-state index contributed by atoms with van der Waals surface area (Å²) in [5, 5.41) is 13.9. The SMILES string of the molecule is Cn1cnc(CC2c3ccc(O)cc3CCC2NCC2CCC(CNS(=O)(=O)c3ccccc3F)CC2)c1. The molecule has 5 rings (SSSR count). The molecule has 1 saturated carbocycles. The molecule has 0 aliphatic heterocycles. The second-order valence-electron chi connectivity index (χ2n) is 10.9. The van der Waals surface area contributed by atoms with Crippen molar-refractivity contribution >= 4 is 10.0 Å². The Bertz CT molecular complexity index is 1350. The number of halogens is 1. The Morgan fingerprint density at radius 2 is 1.79 bits per heavy atom. The van der Waals surface area contributed by atoms with Gasteiger partial charge in [-0.25, -0.2) is 22.5 Å². The Balaban J connectivity index is 1.15. The molecule has 2 aliphatic carbocycles. The Kier molecular flexibility index (Phi) is 8.16. The maximum absolute atomic E-state index is 13.9. The van der Waals surface area contributed by atoms with Gasteiger partial charge in [0.2, 0.25) is 10.0 Å². The summed E-state index contributed by atoms with van der Waals surface area (Å²) in [4.78, 5) is 4.28. The van der Waals surface area contributed by atoms with Gasteiger partial charge in [-0.1, -0.05) is 18.2 Å². The molecule has 0 spiro atoms. The number of nitrogens with zero attached hydrogens (tertiary/aromatic N) is 2. The maximum atomic E-state index is 13.9. The normalized spacial score (nSPS) is 23.7. The van der Waals surface area contributed by atoms with Crippen LogP contribution in [0.25, 0.3) is 0 Å². The van der Waals surface area contributed by atoms with Crippen LogP contribution in [0, 0.1) is 17.7 Å². The quantitative estimate of drug-likeness (QED) is 0.377. The summed E-state index contributed by atoms with van der Waals surface area (Å²) in [6.45, 7) is 1.28. The van der Waals surface area contributed by atoms with Crippen molar-refractivity contribution in [2.24, 2.45) is 18.9 Å². The molecule has 2 aliphatic rings. The van der Waals surface area contributed by atoms with Crippen LogP contribution >= 0.6 is 0 Å². The predicted octanol–water partition coefficient (Wildman–Crippen LogP) is 4.28. The van der Waals surface area contributed by atoms with Crippen molar-refractivity contribution in [1.82, 2.24) is 19.6 Å². The Morgan fingerprint density at radius 3 is 2.50 bits per heavy atom. The summed E-state index contributed by atoms with van der Waals surface area (Å²) in [7, 11) is -1.86. The van der Waals surface area contributed by atoms with Crippen molar-refractivity contribution in [2.75, 3.05) is 13.1 Å². The van der Waals surface area contributed by atoms with Crippen molar-refractivity contribution in [3.05, 3.63) is 77.6 Å². The average molecular weight is 541 g/mol. The van der Waals surface area contributed by atoms with Crippen LogP contribution in [0.4, 0.5) is 4.39 Å². The first-order valence-corrected chi connectivity index (χ1v) is 15.0. The highest BCUT2D eigenvalue weighted by Gasteiger charge is 2.31. The predicted molar refractivity (Wildman–Crippen MR) is 145 cm³/mol. The van der Waals surface area contributed by atoms with Gasteiger partial charge in [0.05, 0.1) is 12.0 Å². The number of aryl methyl sites for hydroxylation is 2. The van der Waals surface area contributed by atoms with Crippen molar-refractivity contribution < 1.29 is 17.9 Å². The standard InChI is InChI=1S/C29H37FN4O3S/c1-34-18-23(32-19-34)15-26-25-12-11-24(35)14-22(25)10-13-28(26)31-16-20-6-8-21(9-7-20)17-33-38(36,37)29-5-3-2-4-27(29)30/h2-5,11-12,14,18-21,26,28,31,33,35H,6-10,13,15-17H2,1H3. The van der Waals surface area contributed by atoms with Crippen LogP contribution in [-0.2, 0) is 29.9 Å². The topological polar surface area (TPSA) is 96.2 Å². The molecule has 38 heavy (non-hydrogen) atoms. The lowest BCUT2D eigenvalue weighted by Crippen LogP contribution is -2.42. The molecule has 0 radical (unpaired) electrons. The van der Waals surface area contributed by atoms with E-state index in [1.54, 1.807) is 6.07 Å². The first-order valence-electron chi connectivity index (χ1n) is 13.5. The number of hydrogen-bond acceptors (Lipinski definition) is 5. The van der Waals surface area contributed by atoms with Gasteiger partial charge in [0.25, 0.3) is 0 Å². The van der Waals surface area contributed by atoms with E-state index in [1.165, 1.54) is 35.4 Å². The number of phenolic OH excluding ortho intramolecular Hbond substituents is 1. The molecular weight excluding hydrogens is 503 g/mol. The van der Waals surface area contributed by atoms with Crippen LogP contribution in [0.3, 0.4) is 0 Å². The number of sulfonamides is 1. The van der Waals surface area contributed by atoms with Gasteiger partial charge in [0.15, 0.2) is 0 Å². The summed E-state index contributed by atoms with van der Waals surface area (Å²) >= 11 is 0. The molecule has 1 aromatic heterocycles. The van der Waals surface area contributed by atoms with E-state index < -0.39 is 15.8 Å². The van der Waals surface area contributed by atoms with Gasteiger partial charge in [-0.3, -0.25) is 0 Å². The summed E-state index contributed by atoms with van der Waals surface area (Å²) < 4.78 is 43.6. The van der Waals surface area contributed by atoms with Crippen molar-refractivity contribution in [3.8, 4) is 5.75 Å². The van der Waals surface area contributed by atoms with E-state index in [9.17, 15) is 17.9 Å². The van der Waals surface area contributed by atoms with Crippen molar-refractivity contribution in [1.29, 1.82) is 0 Å². The molecule has 2 aromatic carbocycles. The highest BCUT2D eigenvalue weighted by molar-refractivity contribution is 7.89. The Morgan fingerprint density at radius 1 is 1.05 bits per heavy atom. The molecular formula is C29H37FN4O3S. The fourth-order valence-electron chi connectivity index (χ4n) is 6.12. The molecule has 0 bridgehead atoms. The third-order valence-electron chi connectivity index (χ3n) is 8.25. The van der Waals surface area contributed by atoms with Crippen LogP contribution in [0.5, 0.6) is 5.75 Å². The maximum Gasteiger partial charge on any atom is 0.243 e. The molecule has 3 aromatic rings. The van der Waals surface area contributed by atoms with Crippen LogP contribution in [0.1, 0.15) is 54.8 Å². The van der Waals surface area contributed by atoms with Crippen LogP contribution in [0.15, 0.2) is 59.9 Å². The lowest BCUT2D eigenvalue weighted by molar-refractivity contribution is 0.252. The smallest absolute Gasteiger partial charge is 0.243 e. The number of benzene rings is 2. The van der Waals surface area contributed by atoms with E-state index >= 15 is 0 Å². The summed E-state index contributed by atoms with van der Waals surface area (Å²) in [5.41, 5.74) is 3.59. The minimum Gasteiger partial charge on any atom is -0.508 e. The highest BCUT2D eigenvalue weighted by Crippen LogP contribution is 2.36. The van der Waals surface area contributed by atoms with E-state index in [0.29, 0.717) is 30.2 Å². The first-order chi connectivity index (χ1) is 18.3. The lowest BCUT2D eigenvalue weighted by atomic mass is 9.76. The summed E-state index contributed by atoms with van der Waals surface area (Å²) in [6.07, 6.45) is 10.7. The van der Waals surface area contributed by atoms with E-state index in [2.05, 4.69) is 27.3 Å². The summed E-state index contributed by atoms with van der Waals surface area (Å²) in [5.74, 6) is 0.696. The van der Waals surface area contributed by atoms with Crippen molar-refractivity contribution in [2.45, 2.75) is 61.8 Å². The second kappa shape index (κ2) is 11.6. The number of aromatic nitrogens is 2. The molecule has 1 fully saturated rings. The fourth-order valence-corrected chi connectivity index (χ4v) is 7.31. The lowest BCUT2D eigenvalue weighted by Gasteiger charge is -2.36. The number of imidazole rings is 1. The molecule has 2 atom stereocenters. The zero-order valence-electron chi connectivity index (χ0n) is 21.8. The molecule has 3 N–H and O–H groups in total. The number of aromatic hydroxyl groups is 1. The van der Waals surface area contributed by atoms with Gasteiger partial charge < -0.3 is 15.0 Å². The molecule has 9 heteroatoms. The Labute approximate surface area is 224 Å². The molecule has 2 unspecified atom stereocenters. The molecule has 7 nitrogen and oxygen atoms in total. The molecule has 0 saturated heterocycles. The zero-order valence-corrected chi connectivity index (χ0v) is 22.6. The van der Waals surface area contributed by atoms with Crippen LogP contribution < -0.4 is 10.0 Å². The van der Waals surface area contributed by atoms with Gasteiger partial charge in [-0.2, -0.15) is 0 Å². The molecule has 204 valence electrons. The second-order valence-corrected chi connectivity index (χ2v) is 12.7. The number of nitrogens with one attached hydrogen (secondary N) is 2. The van der Waals surface area contributed by atoms with E-state index in [1.807, 2.05) is 24.0 Å². The van der Waals surface area contributed by atoms with Gasteiger partial charge in [-0.15, -0.1) is 0 Å². The Hall–Kier alpha value is -2.75. The van der Waals surface area contributed by atoms with Crippen LogP contribution in [0.2, 0.25) is 0 Å². The first kappa shape index (κ1) is 26.8. The largest absolute Gasteiger partial charge is 0.508 e. The van der Waals surface area contributed by atoms with Gasteiger partial charge in [-0.05, 0) is 98.7 Å². The minimum absolute atomic E-state index is 0.263. The fraction of sp³-hybridized carbons (Fsp3) is 0.483. The molecule has 1 heterocycles. The van der Waals surface area contributed by atoms with E-state index in [0.717, 1.165) is 57.2 Å². The number of hydrogen-bond donors (Lipinski definition) is 3. The number of rotatable bonds is 9. The summed E-state index contributed by atoms with van der Waals surface area (Å²) in [6, 6.07) is 11.6. The monoisotopic (exact) mass is 540 g/mol. The number of fused-ring (bicyclic) bond motifs is 1. The van der Waals surface area contributed by atoms with E-state index in [4.69, 9.17) is 0 Å². The van der Waals surface area contributed by atoms with Gasteiger partial charge >= 0.3 is 0 Å². The minimum atomic E-state index is -3.85. The van der Waals surface area contributed by atoms with Crippen molar-refractivity contribution in [3.63, 3.8) is 0 Å². The number of phenols is 1. The third-order valence-corrected chi connectivity index (χ3v) is 9.70. The van der Waals surface area contributed by atoms with Gasteiger partial charge in [0.1, 0.15) is 16.5 Å². The average Bonchev–Trinajstić information content (AvgIpc) is 3.32. The van der Waals surface area contributed by atoms with Crippen LogP contribution in [-0.4, -0.2) is 42.2 Å². The third kappa shape index (κ3) is 6.27. The molecule has 0 amide bonds. The zero-order chi connectivity index (χ0) is 26.7. The highest BCUT2D eigenvalue weighted by atomic mass is 32.2. The van der Waals surface area contributed by atoms with Gasteiger partial charge in [0, 0.05) is 31.7 Å².